The first-order valence-corrected chi connectivity index (χ1v) is 10.2. The minimum absolute atomic E-state index is 0.0813. The van der Waals surface area contributed by atoms with Crippen molar-refractivity contribution >= 4 is 23.2 Å². The minimum atomic E-state index is -0.385. The third kappa shape index (κ3) is 5.34. The predicted molar refractivity (Wildman–Crippen MR) is 115 cm³/mol. The van der Waals surface area contributed by atoms with Gasteiger partial charge in [0.15, 0.2) is 0 Å². The summed E-state index contributed by atoms with van der Waals surface area (Å²) in [6.07, 6.45) is 0. The van der Waals surface area contributed by atoms with Gasteiger partial charge < -0.3 is 24.6 Å². The Morgan fingerprint density at radius 3 is 2.41 bits per heavy atom. The van der Waals surface area contributed by atoms with Crippen LogP contribution in [0.2, 0.25) is 5.02 Å². The maximum absolute atomic E-state index is 12.9. The van der Waals surface area contributed by atoms with E-state index in [1.54, 1.807) is 26.4 Å². The Balaban J connectivity index is 1.56. The molecule has 156 valence electrons. The lowest BCUT2D eigenvalue weighted by Crippen LogP contribution is -3.13. The molecule has 1 amide bonds. The number of ether oxygens (including phenoxy) is 2. The number of nitrogens with one attached hydrogen (secondary N) is 2. The van der Waals surface area contributed by atoms with Crippen molar-refractivity contribution in [1.82, 2.24) is 4.90 Å². The smallest absolute Gasteiger partial charge is 0.245 e. The molecule has 7 heteroatoms. The summed E-state index contributed by atoms with van der Waals surface area (Å²) < 4.78 is 10.6. The molecular weight excluding hydrogens is 390 g/mol. The summed E-state index contributed by atoms with van der Waals surface area (Å²) in [4.78, 5) is 16.4. The Morgan fingerprint density at radius 1 is 1.14 bits per heavy atom. The summed E-state index contributed by atoms with van der Waals surface area (Å²) in [6, 6.07) is 13.5. The normalized spacial score (nSPS) is 15.7. The maximum Gasteiger partial charge on any atom is 0.245 e. The van der Waals surface area contributed by atoms with E-state index in [2.05, 4.69) is 29.6 Å². The number of anilines is 1. The number of carbonyl (C=O) groups is 1. The Hall–Kier alpha value is -2.44. The summed E-state index contributed by atoms with van der Waals surface area (Å²) in [5.74, 6) is 1.20. The molecule has 1 heterocycles. The second kappa shape index (κ2) is 9.85. The third-order valence-corrected chi connectivity index (χ3v) is 5.59. The highest BCUT2D eigenvalue weighted by Gasteiger charge is 2.27. The van der Waals surface area contributed by atoms with E-state index in [9.17, 15) is 4.79 Å². The lowest BCUT2D eigenvalue weighted by molar-refractivity contribution is -0.917. The SMILES string of the molecule is COc1cc(OC)c(N[C@H](C)C(=O)N2CC[NH+](Cc3ccccc3)CC2)cc1Cl. The standard InChI is InChI=1S/C22H28ClN3O3/c1-16(24-19-13-18(23)20(28-2)14-21(19)29-3)22(27)26-11-9-25(10-12-26)15-17-7-5-4-6-8-17/h4-8,13-14,16,24H,9-12,15H2,1-3H3/p+1/t16-/m1/s1. The van der Waals surface area contributed by atoms with Crippen LogP contribution in [0.4, 0.5) is 5.69 Å². The van der Waals surface area contributed by atoms with Gasteiger partial charge in [0.05, 0.1) is 51.1 Å². The van der Waals surface area contributed by atoms with Gasteiger partial charge in [-0.05, 0) is 13.0 Å². The monoisotopic (exact) mass is 418 g/mol. The molecule has 3 rings (SSSR count). The van der Waals surface area contributed by atoms with E-state index in [0.717, 1.165) is 32.7 Å². The molecule has 1 aliphatic heterocycles. The van der Waals surface area contributed by atoms with E-state index >= 15 is 0 Å². The topological polar surface area (TPSA) is 55.2 Å². The maximum atomic E-state index is 12.9. The zero-order valence-corrected chi connectivity index (χ0v) is 18.0. The molecule has 1 aliphatic rings. The number of halogens is 1. The van der Waals surface area contributed by atoms with Gasteiger partial charge in [0, 0.05) is 11.6 Å². The van der Waals surface area contributed by atoms with Crippen molar-refractivity contribution in [2.45, 2.75) is 19.5 Å². The van der Waals surface area contributed by atoms with Crippen molar-refractivity contribution in [3.63, 3.8) is 0 Å². The molecule has 29 heavy (non-hydrogen) atoms. The number of carbonyl (C=O) groups excluding carboxylic acids is 1. The van der Waals surface area contributed by atoms with Gasteiger partial charge in [0.2, 0.25) is 5.91 Å². The van der Waals surface area contributed by atoms with Crippen molar-refractivity contribution in [2.24, 2.45) is 0 Å². The molecular formula is C22H29ClN3O3+. The highest BCUT2D eigenvalue weighted by Crippen LogP contribution is 2.36. The molecule has 6 nitrogen and oxygen atoms in total. The predicted octanol–water partition coefficient (Wildman–Crippen LogP) is 2.08. The molecule has 0 saturated carbocycles. The summed E-state index contributed by atoms with van der Waals surface area (Å²) >= 11 is 6.23. The van der Waals surface area contributed by atoms with E-state index in [0.29, 0.717) is 22.2 Å². The van der Waals surface area contributed by atoms with Crippen LogP contribution in [0.1, 0.15) is 12.5 Å². The summed E-state index contributed by atoms with van der Waals surface area (Å²) in [5.41, 5.74) is 2.01. The van der Waals surface area contributed by atoms with Gasteiger partial charge >= 0.3 is 0 Å². The van der Waals surface area contributed by atoms with Crippen LogP contribution in [0.25, 0.3) is 0 Å². The highest BCUT2D eigenvalue weighted by molar-refractivity contribution is 6.32. The molecule has 2 aromatic rings. The Labute approximate surface area is 177 Å². The second-order valence-electron chi connectivity index (χ2n) is 7.29. The number of quaternary nitrogens is 1. The molecule has 1 fully saturated rings. The number of hydrogen-bond donors (Lipinski definition) is 2. The van der Waals surface area contributed by atoms with Gasteiger partial charge in [0.25, 0.3) is 0 Å². The lowest BCUT2D eigenvalue weighted by atomic mass is 10.2. The van der Waals surface area contributed by atoms with E-state index < -0.39 is 0 Å². The van der Waals surface area contributed by atoms with Crippen LogP contribution >= 0.6 is 11.6 Å². The zero-order valence-electron chi connectivity index (χ0n) is 17.2. The minimum Gasteiger partial charge on any atom is -0.495 e. The van der Waals surface area contributed by atoms with Crippen LogP contribution in [-0.2, 0) is 11.3 Å². The number of benzene rings is 2. The molecule has 1 atom stereocenters. The van der Waals surface area contributed by atoms with Crippen LogP contribution in [0.15, 0.2) is 42.5 Å². The Bertz CT molecular complexity index is 824. The van der Waals surface area contributed by atoms with Gasteiger partial charge in [-0.25, -0.2) is 0 Å². The van der Waals surface area contributed by atoms with Crippen molar-refractivity contribution in [1.29, 1.82) is 0 Å². The lowest BCUT2D eigenvalue weighted by Gasteiger charge is -2.34. The number of rotatable bonds is 7. The molecule has 0 aromatic heterocycles. The summed E-state index contributed by atoms with van der Waals surface area (Å²) in [7, 11) is 3.13. The van der Waals surface area contributed by atoms with Gasteiger partial charge in [-0.3, -0.25) is 4.79 Å². The fraction of sp³-hybridized carbons (Fsp3) is 0.409. The van der Waals surface area contributed by atoms with Gasteiger partial charge in [-0.15, -0.1) is 0 Å². The van der Waals surface area contributed by atoms with Gasteiger partial charge in [0.1, 0.15) is 24.1 Å². The largest absolute Gasteiger partial charge is 0.495 e. The molecule has 1 saturated heterocycles. The number of methoxy groups -OCH3 is 2. The van der Waals surface area contributed by atoms with E-state index in [4.69, 9.17) is 21.1 Å². The van der Waals surface area contributed by atoms with Crippen LogP contribution in [-0.4, -0.2) is 57.2 Å². The second-order valence-corrected chi connectivity index (χ2v) is 7.70. The summed E-state index contributed by atoms with van der Waals surface area (Å²) in [5, 5.41) is 3.70. The number of hydrogen-bond acceptors (Lipinski definition) is 4. The Morgan fingerprint density at radius 2 is 1.79 bits per heavy atom. The van der Waals surface area contributed by atoms with Crippen LogP contribution < -0.4 is 19.7 Å². The van der Waals surface area contributed by atoms with Crippen LogP contribution in [0.3, 0.4) is 0 Å². The molecule has 0 aliphatic carbocycles. The fourth-order valence-corrected chi connectivity index (χ4v) is 3.89. The van der Waals surface area contributed by atoms with E-state index in [-0.39, 0.29) is 11.9 Å². The molecule has 0 radical (unpaired) electrons. The average molecular weight is 419 g/mol. The molecule has 2 N–H and O–H groups in total. The quantitative estimate of drug-likeness (QED) is 0.723. The number of piperazine rings is 1. The highest BCUT2D eigenvalue weighted by atomic mass is 35.5. The first-order chi connectivity index (χ1) is 14.0. The molecule has 0 unspecified atom stereocenters. The molecule has 2 aromatic carbocycles. The van der Waals surface area contributed by atoms with E-state index in [1.165, 1.54) is 10.5 Å². The first kappa shape index (κ1) is 21.3. The van der Waals surface area contributed by atoms with Crippen molar-refractivity contribution in [3.05, 3.63) is 53.1 Å². The van der Waals surface area contributed by atoms with Crippen molar-refractivity contribution in [2.75, 3.05) is 45.7 Å². The van der Waals surface area contributed by atoms with Crippen LogP contribution in [0, 0.1) is 0 Å². The van der Waals surface area contributed by atoms with E-state index in [1.807, 2.05) is 17.9 Å². The number of amides is 1. The van der Waals surface area contributed by atoms with Gasteiger partial charge in [-0.2, -0.15) is 0 Å². The van der Waals surface area contributed by atoms with Crippen molar-refractivity contribution in [3.8, 4) is 11.5 Å². The fourth-order valence-electron chi connectivity index (χ4n) is 3.65. The van der Waals surface area contributed by atoms with Gasteiger partial charge in [-0.1, -0.05) is 41.9 Å². The average Bonchev–Trinajstić information content (AvgIpc) is 2.74. The summed E-state index contributed by atoms with van der Waals surface area (Å²) in [6.45, 7) is 6.28. The Kier molecular flexibility index (Phi) is 7.23. The molecule has 0 bridgehead atoms. The van der Waals surface area contributed by atoms with Crippen LogP contribution in [0.5, 0.6) is 11.5 Å². The number of nitrogens with zero attached hydrogens (tertiary/aromatic N) is 1. The molecule has 0 spiro atoms. The zero-order chi connectivity index (χ0) is 20.8. The van der Waals surface area contributed by atoms with Crippen molar-refractivity contribution < 1.29 is 19.2 Å². The first-order valence-electron chi connectivity index (χ1n) is 9.86. The third-order valence-electron chi connectivity index (χ3n) is 5.30.